The molecule has 0 spiro atoms. The van der Waals surface area contributed by atoms with E-state index in [-0.39, 0.29) is 18.5 Å². The summed E-state index contributed by atoms with van der Waals surface area (Å²) in [4.78, 5) is 27.9. The van der Waals surface area contributed by atoms with Crippen molar-refractivity contribution in [2.75, 3.05) is 37.0 Å². The maximum atomic E-state index is 12.8. The van der Waals surface area contributed by atoms with Crippen LogP contribution in [0.25, 0.3) is 0 Å². The van der Waals surface area contributed by atoms with Gasteiger partial charge in [-0.1, -0.05) is 30.3 Å². The molecule has 0 aromatic heterocycles. The van der Waals surface area contributed by atoms with Gasteiger partial charge >= 0.3 is 6.03 Å². The van der Waals surface area contributed by atoms with Crippen LogP contribution in [0.1, 0.15) is 30.7 Å². The number of rotatable bonds is 2. The monoisotopic (exact) mass is 379 g/mol. The second kappa shape index (κ2) is 7.92. The number of urea groups is 1. The molecular formula is C22H25N3O3. The number of fused-ring (bicyclic) bond motifs is 1. The minimum absolute atomic E-state index is 0.0217. The summed E-state index contributed by atoms with van der Waals surface area (Å²) in [7, 11) is 1.72. The number of anilines is 2. The Bertz CT molecular complexity index is 869. The SMILES string of the molecule is CN1C(=O)COc2cc(NC(=O)N3CCC[C@@H](c4ccccc4)CC3)ccc21. The molecule has 1 atom stereocenters. The second-order valence-corrected chi connectivity index (χ2v) is 7.38. The Kier molecular flexibility index (Phi) is 5.19. The number of nitrogens with one attached hydrogen (secondary N) is 1. The number of nitrogens with zero attached hydrogens (tertiary/aromatic N) is 2. The van der Waals surface area contributed by atoms with E-state index >= 15 is 0 Å². The van der Waals surface area contributed by atoms with Crippen LogP contribution in [0.2, 0.25) is 0 Å². The van der Waals surface area contributed by atoms with Crippen molar-refractivity contribution in [3.8, 4) is 5.75 Å². The van der Waals surface area contributed by atoms with Gasteiger partial charge in [-0.3, -0.25) is 4.79 Å². The number of amides is 3. The molecule has 6 heteroatoms. The third-order valence-electron chi connectivity index (χ3n) is 5.58. The maximum absolute atomic E-state index is 12.8. The van der Waals surface area contributed by atoms with Gasteiger partial charge in [0.15, 0.2) is 6.61 Å². The summed E-state index contributed by atoms with van der Waals surface area (Å²) in [6, 6.07) is 15.8. The Labute approximate surface area is 165 Å². The molecule has 0 unspecified atom stereocenters. The standard InChI is InChI=1S/C22H25N3O3/c1-24-19-10-9-18(14-20(19)28-15-21(24)26)23-22(27)25-12-5-8-17(11-13-25)16-6-3-2-4-7-16/h2-4,6-7,9-10,14,17H,5,8,11-13,15H2,1H3,(H,23,27)/t17-/m1/s1. The van der Waals surface area contributed by atoms with E-state index in [0.717, 1.165) is 38.0 Å². The number of carbonyl (C=O) groups excluding carboxylic acids is 2. The molecule has 146 valence electrons. The van der Waals surface area contributed by atoms with Crippen molar-refractivity contribution < 1.29 is 14.3 Å². The zero-order valence-electron chi connectivity index (χ0n) is 16.1. The lowest BCUT2D eigenvalue weighted by Gasteiger charge is -2.26. The van der Waals surface area contributed by atoms with Crippen molar-refractivity contribution in [1.82, 2.24) is 4.90 Å². The first kappa shape index (κ1) is 18.3. The normalized spacial score (nSPS) is 19.5. The van der Waals surface area contributed by atoms with Gasteiger partial charge in [0, 0.05) is 31.9 Å². The summed E-state index contributed by atoms with van der Waals surface area (Å²) < 4.78 is 5.50. The Morgan fingerprint density at radius 2 is 1.93 bits per heavy atom. The number of carbonyl (C=O) groups is 2. The van der Waals surface area contributed by atoms with Crippen molar-refractivity contribution >= 4 is 23.3 Å². The number of likely N-dealkylation sites (tertiary alicyclic amines) is 1. The minimum Gasteiger partial charge on any atom is -0.481 e. The molecule has 0 aliphatic carbocycles. The maximum Gasteiger partial charge on any atom is 0.321 e. The Morgan fingerprint density at radius 1 is 1.11 bits per heavy atom. The highest BCUT2D eigenvalue weighted by Gasteiger charge is 2.24. The first-order chi connectivity index (χ1) is 13.6. The summed E-state index contributed by atoms with van der Waals surface area (Å²) in [6.07, 6.45) is 3.06. The lowest BCUT2D eigenvalue weighted by Crippen LogP contribution is -2.36. The van der Waals surface area contributed by atoms with Gasteiger partial charge in [0.05, 0.1) is 5.69 Å². The number of benzene rings is 2. The Morgan fingerprint density at radius 3 is 2.75 bits per heavy atom. The van der Waals surface area contributed by atoms with E-state index in [1.807, 2.05) is 11.0 Å². The van der Waals surface area contributed by atoms with Crippen LogP contribution in [-0.4, -0.2) is 43.6 Å². The van der Waals surface area contributed by atoms with E-state index in [1.165, 1.54) is 5.56 Å². The number of hydrogen-bond acceptors (Lipinski definition) is 3. The summed E-state index contributed by atoms with van der Waals surface area (Å²) in [5, 5.41) is 2.97. The third-order valence-corrected chi connectivity index (χ3v) is 5.58. The Hall–Kier alpha value is -3.02. The fraction of sp³-hybridized carbons (Fsp3) is 0.364. The smallest absolute Gasteiger partial charge is 0.321 e. The zero-order chi connectivity index (χ0) is 19.5. The van der Waals surface area contributed by atoms with Gasteiger partial charge in [-0.25, -0.2) is 4.79 Å². The molecule has 2 heterocycles. The number of ether oxygens (including phenoxy) is 1. The highest BCUT2D eigenvalue weighted by atomic mass is 16.5. The van der Waals surface area contributed by atoms with Gasteiger partial charge in [0.2, 0.25) is 0 Å². The predicted octanol–water partition coefficient (Wildman–Crippen LogP) is 3.84. The largest absolute Gasteiger partial charge is 0.481 e. The molecular weight excluding hydrogens is 354 g/mol. The molecule has 2 aromatic rings. The molecule has 28 heavy (non-hydrogen) atoms. The second-order valence-electron chi connectivity index (χ2n) is 7.38. The number of likely N-dealkylation sites (N-methyl/N-ethyl adjacent to an activating group) is 1. The lowest BCUT2D eigenvalue weighted by molar-refractivity contribution is -0.120. The van der Waals surface area contributed by atoms with Crippen molar-refractivity contribution in [3.05, 3.63) is 54.1 Å². The summed E-state index contributed by atoms with van der Waals surface area (Å²) >= 11 is 0. The van der Waals surface area contributed by atoms with Crippen LogP contribution in [0, 0.1) is 0 Å². The summed E-state index contributed by atoms with van der Waals surface area (Å²) in [5.41, 5.74) is 2.75. The van der Waals surface area contributed by atoms with Gasteiger partial charge in [-0.05, 0) is 42.9 Å². The molecule has 6 nitrogen and oxygen atoms in total. The van der Waals surface area contributed by atoms with Gasteiger partial charge in [0.25, 0.3) is 5.91 Å². The van der Waals surface area contributed by atoms with Crippen molar-refractivity contribution in [2.45, 2.75) is 25.2 Å². The molecule has 1 N–H and O–H groups in total. The number of hydrogen-bond donors (Lipinski definition) is 1. The van der Waals surface area contributed by atoms with Crippen LogP contribution < -0.4 is 15.0 Å². The molecule has 2 aliphatic heterocycles. The zero-order valence-corrected chi connectivity index (χ0v) is 16.1. The molecule has 0 radical (unpaired) electrons. The first-order valence-electron chi connectivity index (χ1n) is 9.76. The van der Waals surface area contributed by atoms with Gasteiger partial charge in [0.1, 0.15) is 5.75 Å². The highest BCUT2D eigenvalue weighted by molar-refractivity contribution is 5.98. The van der Waals surface area contributed by atoms with Crippen molar-refractivity contribution in [3.63, 3.8) is 0 Å². The first-order valence-corrected chi connectivity index (χ1v) is 9.76. The fourth-order valence-corrected chi connectivity index (χ4v) is 3.92. The van der Waals surface area contributed by atoms with Crippen LogP contribution >= 0.6 is 0 Å². The fourth-order valence-electron chi connectivity index (χ4n) is 3.92. The van der Waals surface area contributed by atoms with E-state index in [1.54, 1.807) is 30.1 Å². The molecule has 2 aromatic carbocycles. The van der Waals surface area contributed by atoms with E-state index in [9.17, 15) is 9.59 Å². The molecule has 4 rings (SSSR count). The molecule has 3 amide bonds. The van der Waals surface area contributed by atoms with E-state index < -0.39 is 0 Å². The lowest BCUT2D eigenvalue weighted by atomic mass is 9.92. The third kappa shape index (κ3) is 3.81. The van der Waals surface area contributed by atoms with Crippen LogP contribution in [0.4, 0.5) is 16.2 Å². The van der Waals surface area contributed by atoms with Crippen molar-refractivity contribution in [2.24, 2.45) is 0 Å². The predicted molar refractivity (Wildman–Crippen MR) is 109 cm³/mol. The molecule has 0 saturated carbocycles. The molecule has 0 bridgehead atoms. The van der Waals surface area contributed by atoms with Gasteiger partial charge in [-0.2, -0.15) is 0 Å². The quantitative estimate of drug-likeness (QED) is 0.862. The van der Waals surface area contributed by atoms with E-state index in [4.69, 9.17) is 4.74 Å². The van der Waals surface area contributed by atoms with Crippen molar-refractivity contribution in [1.29, 1.82) is 0 Å². The highest BCUT2D eigenvalue weighted by Crippen LogP contribution is 2.34. The molecule has 1 saturated heterocycles. The van der Waals surface area contributed by atoms with Gasteiger partial charge in [-0.15, -0.1) is 0 Å². The van der Waals surface area contributed by atoms with Crippen LogP contribution in [0.3, 0.4) is 0 Å². The van der Waals surface area contributed by atoms with E-state index in [0.29, 0.717) is 17.4 Å². The van der Waals surface area contributed by atoms with Crippen LogP contribution in [-0.2, 0) is 4.79 Å². The minimum atomic E-state index is -0.0890. The summed E-state index contributed by atoms with van der Waals surface area (Å²) in [5.74, 6) is 1.03. The summed E-state index contributed by atoms with van der Waals surface area (Å²) in [6.45, 7) is 1.52. The molecule has 2 aliphatic rings. The van der Waals surface area contributed by atoms with Gasteiger partial charge < -0.3 is 19.9 Å². The van der Waals surface area contributed by atoms with Crippen LogP contribution in [0.15, 0.2) is 48.5 Å². The Balaban J connectivity index is 1.39. The average Bonchev–Trinajstić information content (AvgIpc) is 2.98. The average molecular weight is 379 g/mol. The topological polar surface area (TPSA) is 61.9 Å². The van der Waals surface area contributed by atoms with E-state index in [2.05, 4.69) is 29.6 Å². The molecule has 1 fully saturated rings. The van der Waals surface area contributed by atoms with Crippen LogP contribution in [0.5, 0.6) is 5.75 Å².